The number of hydrogen-bond donors (Lipinski definition) is 2. The normalized spacial score (nSPS) is 14.3. The van der Waals surface area contributed by atoms with E-state index in [9.17, 15) is 4.39 Å². The fraction of sp³-hybridized carbons (Fsp3) is 0.261. The lowest BCUT2D eigenvalue weighted by Crippen LogP contribution is -2.10. The summed E-state index contributed by atoms with van der Waals surface area (Å²) in [5.41, 5.74) is 4.47. The van der Waals surface area contributed by atoms with Crippen molar-refractivity contribution in [3.05, 3.63) is 66.1 Å². The molecule has 0 bridgehead atoms. The van der Waals surface area contributed by atoms with Crippen LogP contribution in [0.2, 0.25) is 0 Å². The van der Waals surface area contributed by atoms with Crippen molar-refractivity contribution in [3.63, 3.8) is 0 Å². The molecule has 0 saturated heterocycles. The molecule has 1 aliphatic carbocycles. The molecule has 0 aliphatic heterocycles. The van der Waals surface area contributed by atoms with Crippen LogP contribution in [0.4, 0.5) is 27.7 Å². The first-order chi connectivity index (χ1) is 14.7. The lowest BCUT2D eigenvalue weighted by atomic mass is 10.2. The van der Waals surface area contributed by atoms with Gasteiger partial charge in [-0.25, -0.2) is 14.4 Å². The van der Waals surface area contributed by atoms with Gasteiger partial charge in [-0.15, -0.1) is 0 Å². The van der Waals surface area contributed by atoms with Gasteiger partial charge in [-0.2, -0.15) is 4.98 Å². The molecule has 2 N–H and O–H groups in total. The second-order valence-corrected chi connectivity index (χ2v) is 7.77. The van der Waals surface area contributed by atoms with Gasteiger partial charge in [-0.3, -0.25) is 4.57 Å². The van der Waals surface area contributed by atoms with Crippen LogP contribution in [0.25, 0.3) is 11.2 Å². The highest BCUT2D eigenvalue weighted by Gasteiger charge is 2.24. The van der Waals surface area contributed by atoms with Gasteiger partial charge < -0.3 is 10.6 Å². The van der Waals surface area contributed by atoms with Gasteiger partial charge in [0.15, 0.2) is 5.65 Å². The SMILES string of the molecule is Cc1ccc(Nc2ncc3nc(Nc4ccc(F)cc4)n(C4CCCC4)c3n2)cc1. The average Bonchev–Trinajstić information content (AvgIpc) is 3.38. The largest absolute Gasteiger partial charge is 0.326 e. The summed E-state index contributed by atoms with van der Waals surface area (Å²) in [5.74, 6) is 0.992. The average molecular weight is 402 g/mol. The van der Waals surface area contributed by atoms with E-state index in [0.29, 0.717) is 17.9 Å². The zero-order valence-electron chi connectivity index (χ0n) is 16.8. The van der Waals surface area contributed by atoms with Crippen molar-refractivity contribution in [1.29, 1.82) is 0 Å². The third-order valence-corrected chi connectivity index (χ3v) is 5.53. The van der Waals surface area contributed by atoms with E-state index in [0.717, 1.165) is 35.4 Å². The van der Waals surface area contributed by atoms with Crippen LogP contribution < -0.4 is 10.6 Å². The number of halogens is 1. The van der Waals surface area contributed by atoms with Crippen LogP contribution in [-0.4, -0.2) is 19.5 Å². The molecule has 6 nitrogen and oxygen atoms in total. The summed E-state index contributed by atoms with van der Waals surface area (Å²) < 4.78 is 15.5. The van der Waals surface area contributed by atoms with Gasteiger partial charge in [0, 0.05) is 17.4 Å². The summed E-state index contributed by atoms with van der Waals surface area (Å²) >= 11 is 0. The lowest BCUT2D eigenvalue weighted by Gasteiger charge is -2.16. The highest BCUT2D eigenvalue weighted by Crippen LogP contribution is 2.35. The smallest absolute Gasteiger partial charge is 0.229 e. The molecule has 0 radical (unpaired) electrons. The van der Waals surface area contributed by atoms with E-state index in [4.69, 9.17) is 9.97 Å². The summed E-state index contributed by atoms with van der Waals surface area (Å²) in [6, 6.07) is 14.8. The van der Waals surface area contributed by atoms with Gasteiger partial charge in [0.1, 0.15) is 11.3 Å². The Bertz CT molecular complexity index is 1160. The van der Waals surface area contributed by atoms with Gasteiger partial charge in [0.2, 0.25) is 11.9 Å². The van der Waals surface area contributed by atoms with Gasteiger partial charge >= 0.3 is 0 Å². The van der Waals surface area contributed by atoms with E-state index < -0.39 is 0 Å². The fourth-order valence-electron chi connectivity index (χ4n) is 3.98. The monoisotopic (exact) mass is 402 g/mol. The second-order valence-electron chi connectivity index (χ2n) is 7.77. The van der Waals surface area contributed by atoms with Crippen LogP contribution in [0.5, 0.6) is 0 Å². The van der Waals surface area contributed by atoms with Crippen LogP contribution in [0.1, 0.15) is 37.3 Å². The number of aromatic nitrogens is 4. The van der Waals surface area contributed by atoms with Crippen molar-refractivity contribution in [2.75, 3.05) is 10.6 Å². The number of imidazole rings is 1. The zero-order chi connectivity index (χ0) is 20.5. The summed E-state index contributed by atoms with van der Waals surface area (Å²) in [6.07, 6.45) is 6.32. The Balaban J connectivity index is 1.53. The first-order valence-corrected chi connectivity index (χ1v) is 10.3. The standard InChI is InChI=1S/C23H23FN6/c1-15-6-10-17(11-7-15)26-22-25-14-20-21(29-22)30(19-4-2-3-5-19)23(28-20)27-18-12-8-16(24)9-13-18/h6-14,19H,2-5H2,1H3,(H,27,28)(H,25,26,29). The molecule has 1 fully saturated rings. The molecule has 2 heterocycles. The van der Waals surface area contributed by atoms with E-state index in [-0.39, 0.29) is 5.82 Å². The number of rotatable bonds is 5. The number of anilines is 4. The van der Waals surface area contributed by atoms with E-state index in [1.807, 2.05) is 24.3 Å². The second kappa shape index (κ2) is 7.74. The summed E-state index contributed by atoms with van der Waals surface area (Å²) in [7, 11) is 0. The minimum Gasteiger partial charge on any atom is -0.326 e. The Morgan fingerprint density at radius 3 is 2.30 bits per heavy atom. The molecule has 0 unspecified atom stereocenters. The molecule has 30 heavy (non-hydrogen) atoms. The van der Waals surface area contributed by atoms with Crippen molar-refractivity contribution >= 4 is 34.4 Å². The van der Waals surface area contributed by atoms with Crippen molar-refractivity contribution in [2.24, 2.45) is 0 Å². The minimum absolute atomic E-state index is 0.262. The van der Waals surface area contributed by atoms with Gasteiger partial charge in [-0.1, -0.05) is 30.5 Å². The molecule has 1 aliphatic rings. The number of hydrogen-bond acceptors (Lipinski definition) is 5. The number of benzene rings is 2. The Hall–Kier alpha value is -3.48. The van der Waals surface area contributed by atoms with Gasteiger partial charge in [-0.05, 0) is 56.2 Å². The van der Waals surface area contributed by atoms with Crippen LogP contribution in [0.15, 0.2) is 54.7 Å². The molecule has 1 saturated carbocycles. The number of nitrogens with zero attached hydrogens (tertiary/aromatic N) is 4. The van der Waals surface area contributed by atoms with E-state index in [2.05, 4.69) is 27.1 Å². The summed E-state index contributed by atoms with van der Waals surface area (Å²) in [6.45, 7) is 2.06. The van der Waals surface area contributed by atoms with E-state index in [1.165, 1.54) is 30.5 Å². The molecule has 0 spiro atoms. The Labute approximate surface area is 174 Å². The molecule has 0 atom stereocenters. The molecule has 2 aromatic carbocycles. The topological polar surface area (TPSA) is 67.7 Å². The fourth-order valence-corrected chi connectivity index (χ4v) is 3.98. The van der Waals surface area contributed by atoms with Crippen LogP contribution in [0, 0.1) is 12.7 Å². The molecule has 7 heteroatoms. The summed E-state index contributed by atoms with van der Waals surface area (Å²) in [5, 5.41) is 6.62. The van der Waals surface area contributed by atoms with Crippen LogP contribution >= 0.6 is 0 Å². The zero-order valence-corrected chi connectivity index (χ0v) is 16.8. The predicted molar refractivity (Wildman–Crippen MR) is 117 cm³/mol. The molecule has 152 valence electrons. The van der Waals surface area contributed by atoms with Crippen molar-refractivity contribution in [1.82, 2.24) is 19.5 Å². The maximum absolute atomic E-state index is 13.3. The van der Waals surface area contributed by atoms with Crippen LogP contribution in [0.3, 0.4) is 0 Å². The first kappa shape index (κ1) is 18.5. The third kappa shape index (κ3) is 3.70. The van der Waals surface area contributed by atoms with Crippen molar-refractivity contribution < 1.29 is 4.39 Å². The first-order valence-electron chi connectivity index (χ1n) is 10.3. The Morgan fingerprint density at radius 2 is 1.57 bits per heavy atom. The van der Waals surface area contributed by atoms with Crippen molar-refractivity contribution in [3.8, 4) is 0 Å². The van der Waals surface area contributed by atoms with Crippen LogP contribution in [-0.2, 0) is 0 Å². The van der Waals surface area contributed by atoms with E-state index >= 15 is 0 Å². The highest BCUT2D eigenvalue weighted by molar-refractivity contribution is 5.77. The Morgan fingerprint density at radius 1 is 0.900 bits per heavy atom. The lowest BCUT2D eigenvalue weighted by molar-refractivity contribution is 0.535. The maximum atomic E-state index is 13.3. The highest BCUT2D eigenvalue weighted by atomic mass is 19.1. The molecule has 5 rings (SSSR count). The number of fused-ring (bicyclic) bond motifs is 1. The molecule has 2 aromatic heterocycles. The molecular weight excluding hydrogens is 379 g/mol. The quantitative estimate of drug-likeness (QED) is 0.437. The number of aryl methyl sites for hydroxylation is 1. The predicted octanol–water partition coefficient (Wildman–Crippen LogP) is 5.88. The Kier molecular flexibility index (Phi) is 4.78. The van der Waals surface area contributed by atoms with E-state index in [1.54, 1.807) is 18.3 Å². The molecule has 0 amide bonds. The summed E-state index contributed by atoms with van der Waals surface area (Å²) in [4.78, 5) is 14.0. The molecular formula is C23H23FN6. The van der Waals surface area contributed by atoms with Gasteiger partial charge in [0.25, 0.3) is 0 Å². The minimum atomic E-state index is -0.262. The number of nitrogens with one attached hydrogen (secondary N) is 2. The maximum Gasteiger partial charge on any atom is 0.229 e. The molecule has 4 aromatic rings. The third-order valence-electron chi connectivity index (χ3n) is 5.53. The van der Waals surface area contributed by atoms with Gasteiger partial charge in [0.05, 0.1) is 6.20 Å². The van der Waals surface area contributed by atoms with Crippen molar-refractivity contribution in [2.45, 2.75) is 38.6 Å².